The van der Waals surface area contributed by atoms with Crippen LogP contribution in [0.5, 0.6) is 0 Å². The summed E-state index contributed by atoms with van der Waals surface area (Å²) < 4.78 is 0. The van der Waals surface area contributed by atoms with Crippen molar-refractivity contribution < 1.29 is 0 Å². The van der Waals surface area contributed by atoms with Gasteiger partial charge in [0.05, 0.1) is 0 Å². The molecule has 2 aliphatic rings. The van der Waals surface area contributed by atoms with Crippen LogP contribution in [-0.4, -0.2) is 18.3 Å². The van der Waals surface area contributed by atoms with Gasteiger partial charge in [0.25, 0.3) is 0 Å². The number of rotatable bonds is 1. The van der Waals surface area contributed by atoms with E-state index in [0.29, 0.717) is 0 Å². The Bertz CT molecular complexity index is 140. The molecule has 0 radical (unpaired) electrons. The van der Waals surface area contributed by atoms with Gasteiger partial charge >= 0.3 is 0 Å². The highest BCUT2D eigenvalue weighted by Crippen LogP contribution is 2.34. The van der Waals surface area contributed by atoms with Crippen molar-refractivity contribution in [1.29, 1.82) is 0 Å². The first-order chi connectivity index (χ1) is 4.36. The smallest absolute Gasteiger partial charge is 0.143 e. The minimum atomic E-state index is 0.287. The summed E-state index contributed by atoms with van der Waals surface area (Å²) in [5.74, 6) is 0.763. The Morgan fingerprint density at radius 2 is 2.33 bits per heavy atom. The fourth-order valence-electron chi connectivity index (χ4n) is 0.988. The van der Waals surface area contributed by atoms with Crippen LogP contribution in [0.1, 0.15) is 12.8 Å². The summed E-state index contributed by atoms with van der Waals surface area (Å²) in [7, 11) is 1.87. The minimum Gasteiger partial charge on any atom is -0.212 e. The largest absolute Gasteiger partial charge is 0.212 e. The quantitative estimate of drug-likeness (QED) is 0.557. The van der Waals surface area contributed by atoms with Gasteiger partial charge in [0, 0.05) is 7.05 Å². The maximum absolute atomic E-state index is 4.02. The van der Waals surface area contributed by atoms with Gasteiger partial charge in [0.2, 0.25) is 0 Å². The first kappa shape index (κ1) is 5.17. The van der Waals surface area contributed by atoms with Gasteiger partial charge in [-0.1, -0.05) is 5.22 Å². The SMILES string of the molecule is CN1N=NC(C2CC2)N1. The predicted octanol–water partition coefficient (Wildman–Crippen LogP) is 0.540. The van der Waals surface area contributed by atoms with Crippen LogP contribution in [0.4, 0.5) is 0 Å². The van der Waals surface area contributed by atoms with Gasteiger partial charge in [-0.25, -0.2) is 5.12 Å². The van der Waals surface area contributed by atoms with Crippen molar-refractivity contribution in [2.24, 2.45) is 16.3 Å². The minimum absolute atomic E-state index is 0.287. The van der Waals surface area contributed by atoms with Gasteiger partial charge in [-0.05, 0) is 18.8 Å². The number of nitrogens with zero attached hydrogens (tertiary/aromatic N) is 3. The van der Waals surface area contributed by atoms with E-state index in [0.717, 1.165) is 5.92 Å². The van der Waals surface area contributed by atoms with Crippen molar-refractivity contribution >= 4 is 0 Å². The monoisotopic (exact) mass is 126 g/mol. The Morgan fingerprint density at radius 3 is 2.78 bits per heavy atom. The van der Waals surface area contributed by atoms with Crippen molar-refractivity contribution in [2.75, 3.05) is 7.05 Å². The van der Waals surface area contributed by atoms with Crippen molar-refractivity contribution in [2.45, 2.75) is 19.0 Å². The molecular weight excluding hydrogens is 116 g/mol. The molecule has 1 atom stereocenters. The van der Waals surface area contributed by atoms with Crippen LogP contribution in [0.3, 0.4) is 0 Å². The molecule has 4 nitrogen and oxygen atoms in total. The molecule has 0 bridgehead atoms. The molecule has 1 heterocycles. The topological polar surface area (TPSA) is 40.0 Å². The van der Waals surface area contributed by atoms with Gasteiger partial charge in [-0.3, -0.25) is 0 Å². The zero-order valence-corrected chi connectivity index (χ0v) is 5.41. The lowest BCUT2D eigenvalue weighted by Crippen LogP contribution is -2.33. The maximum atomic E-state index is 4.02. The van der Waals surface area contributed by atoms with Crippen molar-refractivity contribution in [1.82, 2.24) is 10.5 Å². The van der Waals surface area contributed by atoms with Crippen LogP contribution in [0.2, 0.25) is 0 Å². The molecule has 50 valence electrons. The second kappa shape index (κ2) is 1.67. The summed E-state index contributed by atoms with van der Waals surface area (Å²) in [6, 6.07) is 0. The standard InChI is InChI=1S/C5H10N4/c1-9-7-5(6-8-9)4-2-3-4/h4-5,7H,2-3H2,1H3. The number of hydrogen-bond acceptors (Lipinski definition) is 4. The second-order valence-electron chi connectivity index (χ2n) is 2.64. The van der Waals surface area contributed by atoms with Crippen LogP contribution in [0, 0.1) is 5.92 Å². The molecule has 1 aliphatic heterocycles. The van der Waals surface area contributed by atoms with E-state index in [2.05, 4.69) is 15.8 Å². The van der Waals surface area contributed by atoms with Gasteiger partial charge < -0.3 is 0 Å². The highest BCUT2D eigenvalue weighted by molar-refractivity contribution is 4.84. The average molecular weight is 126 g/mol. The molecule has 1 aliphatic carbocycles. The fraction of sp³-hybridized carbons (Fsp3) is 1.00. The Kier molecular flexibility index (Phi) is 0.958. The summed E-state index contributed by atoms with van der Waals surface area (Å²) in [5, 5.41) is 9.51. The highest BCUT2D eigenvalue weighted by Gasteiger charge is 2.34. The van der Waals surface area contributed by atoms with Crippen LogP contribution >= 0.6 is 0 Å². The van der Waals surface area contributed by atoms with Crippen molar-refractivity contribution in [3.63, 3.8) is 0 Å². The van der Waals surface area contributed by atoms with E-state index in [1.165, 1.54) is 12.8 Å². The lowest BCUT2D eigenvalue weighted by Gasteiger charge is -2.07. The molecule has 0 saturated heterocycles. The molecule has 0 aromatic carbocycles. The third-order valence-corrected chi connectivity index (χ3v) is 1.70. The van der Waals surface area contributed by atoms with E-state index in [-0.39, 0.29) is 6.17 Å². The zero-order valence-electron chi connectivity index (χ0n) is 5.41. The van der Waals surface area contributed by atoms with Crippen molar-refractivity contribution in [3.8, 4) is 0 Å². The molecule has 0 amide bonds. The lowest BCUT2D eigenvalue weighted by molar-refractivity contribution is 0.252. The van der Waals surface area contributed by atoms with Gasteiger partial charge in [0.1, 0.15) is 6.17 Å². The summed E-state index contributed by atoms with van der Waals surface area (Å²) in [6.07, 6.45) is 2.91. The number of hydrogen-bond donors (Lipinski definition) is 1. The van der Waals surface area contributed by atoms with Crippen LogP contribution < -0.4 is 5.43 Å². The van der Waals surface area contributed by atoms with Gasteiger partial charge in [-0.15, -0.1) is 5.11 Å². The molecule has 9 heavy (non-hydrogen) atoms. The molecule has 0 aromatic rings. The van der Waals surface area contributed by atoms with Crippen LogP contribution in [-0.2, 0) is 0 Å². The molecule has 0 aromatic heterocycles. The highest BCUT2D eigenvalue weighted by atomic mass is 15.8. The Morgan fingerprint density at radius 1 is 1.56 bits per heavy atom. The first-order valence-electron chi connectivity index (χ1n) is 3.27. The van der Waals surface area contributed by atoms with E-state index >= 15 is 0 Å². The second-order valence-corrected chi connectivity index (χ2v) is 2.64. The molecule has 2 rings (SSSR count). The van der Waals surface area contributed by atoms with Crippen LogP contribution in [0.25, 0.3) is 0 Å². The third-order valence-electron chi connectivity index (χ3n) is 1.70. The molecular formula is C5H10N4. The molecule has 1 fully saturated rings. The molecule has 1 unspecified atom stereocenters. The Labute approximate surface area is 53.9 Å². The fourth-order valence-corrected chi connectivity index (χ4v) is 0.988. The Balaban J connectivity index is 1.94. The zero-order chi connectivity index (χ0) is 6.27. The maximum Gasteiger partial charge on any atom is 0.143 e. The van der Waals surface area contributed by atoms with Gasteiger partial charge in [-0.2, -0.15) is 5.43 Å². The molecule has 0 spiro atoms. The summed E-state index contributed by atoms with van der Waals surface area (Å²) in [4.78, 5) is 0. The van der Waals surface area contributed by atoms with Gasteiger partial charge in [0.15, 0.2) is 0 Å². The van der Waals surface area contributed by atoms with E-state index in [1.807, 2.05) is 7.05 Å². The predicted molar refractivity (Wildman–Crippen MR) is 32.3 cm³/mol. The Hall–Kier alpha value is -0.640. The van der Waals surface area contributed by atoms with Crippen LogP contribution in [0.15, 0.2) is 10.3 Å². The van der Waals surface area contributed by atoms with E-state index < -0.39 is 0 Å². The van der Waals surface area contributed by atoms with E-state index in [4.69, 9.17) is 0 Å². The molecule has 1 N–H and O–H groups in total. The lowest BCUT2D eigenvalue weighted by atomic mass is 10.3. The normalized spacial score (nSPS) is 33.9. The van der Waals surface area contributed by atoms with E-state index in [1.54, 1.807) is 5.12 Å². The summed E-state index contributed by atoms with van der Waals surface area (Å²) in [5.41, 5.74) is 3.12. The van der Waals surface area contributed by atoms with Crippen molar-refractivity contribution in [3.05, 3.63) is 0 Å². The average Bonchev–Trinajstić information content (AvgIpc) is 2.58. The first-order valence-corrected chi connectivity index (χ1v) is 3.27. The summed E-state index contributed by atoms with van der Waals surface area (Å²) >= 11 is 0. The molecule has 4 heteroatoms. The number of nitrogens with one attached hydrogen (secondary N) is 1. The summed E-state index contributed by atoms with van der Waals surface area (Å²) in [6.45, 7) is 0. The molecule has 1 saturated carbocycles. The number of hydrazine groups is 1. The van der Waals surface area contributed by atoms with E-state index in [9.17, 15) is 0 Å². The third kappa shape index (κ3) is 0.896.